The van der Waals surface area contributed by atoms with Crippen molar-refractivity contribution in [2.45, 2.75) is 25.9 Å². The Labute approximate surface area is 98.7 Å². The molecule has 2 nitrogen and oxygen atoms in total. The van der Waals surface area contributed by atoms with Gasteiger partial charge in [0.05, 0.1) is 0 Å². The number of likely N-dealkylation sites (N-methyl/N-ethyl adjacent to an activating group) is 1. The van der Waals surface area contributed by atoms with Crippen molar-refractivity contribution in [2.75, 3.05) is 20.1 Å². The van der Waals surface area contributed by atoms with Gasteiger partial charge in [0.2, 0.25) is 0 Å². The molecule has 1 fully saturated rings. The molecule has 2 atom stereocenters. The van der Waals surface area contributed by atoms with Crippen LogP contribution in [-0.4, -0.2) is 31.1 Å². The highest BCUT2D eigenvalue weighted by atomic mass is 15.2. The summed E-state index contributed by atoms with van der Waals surface area (Å²) in [6.07, 6.45) is 0. The van der Waals surface area contributed by atoms with E-state index < -0.39 is 0 Å². The highest BCUT2D eigenvalue weighted by molar-refractivity contribution is 5.21. The summed E-state index contributed by atoms with van der Waals surface area (Å²) in [5.41, 5.74) is 1.41. The number of rotatable bonds is 2. The van der Waals surface area contributed by atoms with E-state index in [4.69, 9.17) is 0 Å². The Morgan fingerprint density at radius 3 is 2.56 bits per heavy atom. The fourth-order valence-electron chi connectivity index (χ4n) is 2.79. The average Bonchev–Trinajstić information content (AvgIpc) is 2.29. The summed E-state index contributed by atoms with van der Waals surface area (Å²) in [6, 6.07) is 11.9. The largest absolute Gasteiger partial charge is 0.307 e. The Morgan fingerprint density at radius 2 is 1.94 bits per heavy atom. The molecule has 0 aliphatic carbocycles. The molecule has 2 unspecified atom stereocenters. The van der Waals surface area contributed by atoms with Gasteiger partial charge in [0.15, 0.2) is 0 Å². The van der Waals surface area contributed by atoms with Crippen LogP contribution in [0.3, 0.4) is 0 Å². The van der Waals surface area contributed by atoms with E-state index in [9.17, 15) is 0 Å². The number of hydrogen-bond acceptors (Lipinski definition) is 2. The van der Waals surface area contributed by atoms with E-state index in [1.165, 1.54) is 5.56 Å². The normalized spacial score (nSPS) is 27.2. The van der Waals surface area contributed by atoms with Gasteiger partial charge in [-0.15, -0.1) is 0 Å². The summed E-state index contributed by atoms with van der Waals surface area (Å²) < 4.78 is 0. The lowest BCUT2D eigenvalue weighted by molar-refractivity contribution is 0.111. The van der Waals surface area contributed by atoms with Crippen LogP contribution in [0.4, 0.5) is 0 Å². The van der Waals surface area contributed by atoms with E-state index in [2.05, 4.69) is 61.4 Å². The maximum Gasteiger partial charge on any atom is 0.0480 e. The lowest BCUT2D eigenvalue weighted by atomic mass is 9.88. The highest BCUT2D eigenvalue weighted by Crippen LogP contribution is 2.27. The molecule has 1 heterocycles. The SMILES string of the molecule is CC(C)C1C(c2ccccc2)NCCN1C. The summed E-state index contributed by atoms with van der Waals surface area (Å²) in [4.78, 5) is 2.48. The monoisotopic (exact) mass is 218 g/mol. The zero-order chi connectivity index (χ0) is 11.5. The minimum absolute atomic E-state index is 0.472. The van der Waals surface area contributed by atoms with Crippen molar-refractivity contribution in [3.63, 3.8) is 0 Å². The molecule has 88 valence electrons. The van der Waals surface area contributed by atoms with E-state index in [0.717, 1.165) is 13.1 Å². The van der Waals surface area contributed by atoms with Gasteiger partial charge in [-0.3, -0.25) is 0 Å². The molecule has 1 N–H and O–H groups in total. The maximum absolute atomic E-state index is 3.66. The van der Waals surface area contributed by atoms with Crippen molar-refractivity contribution in [2.24, 2.45) is 5.92 Å². The van der Waals surface area contributed by atoms with Gasteiger partial charge in [0.25, 0.3) is 0 Å². The van der Waals surface area contributed by atoms with E-state index >= 15 is 0 Å². The first-order valence-electron chi connectivity index (χ1n) is 6.18. The van der Waals surface area contributed by atoms with E-state index in [0.29, 0.717) is 18.0 Å². The minimum atomic E-state index is 0.472. The van der Waals surface area contributed by atoms with Gasteiger partial charge < -0.3 is 10.2 Å². The molecule has 0 amide bonds. The summed E-state index contributed by atoms with van der Waals surface area (Å²) in [5, 5.41) is 3.66. The van der Waals surface area contributed by atoms with Gasteiger partial charge >= 0.3 is 0 Å². The van der Waals surface area contributed by atoms with Gasteiger partial charge in [0, 0.05) is 25.2 Å². The molecule has 0 bridgehead atoms. The van der Waals surface area contributed by atoms with Crippen LogP contribution in [0.15, 0.2) is 30.3 Å². The number of nitrogens with zero attached hydrogens (tertiary/aromatic N) is 1. The van der Waals surface area contributed by atoms with Crippen molar-refractivity contribution >= 4 is 0 Å². The van der Waals surface area contributed by atoms with Crippen molar-refractivity contribution < 1.29 is 0 Å². The van der Waals surface area contributed by atoms with Gasteiger partial charge in [-0.1, -0.05) is 44.2 Å². The third kappa shape index (κ3) is 2.28. The fraction of sp³-hybridized carbons (Fsp3) is 0.571. The van der Waals surface area contributed by atoms with Gasteiger partial charge in [-0.2, -0.15) is 0 Å². The molecule has 2 heteroatoms. The highest BCUT2D eigenvalue weighted by Gasteiger charge is 2.31. The van der Waals surface area contributed by atoms with Crippen LogP contribution in [0.2, 0.25) is 0 Å². The standard InChI is InChI=1S/C14H22N2/c1-11(2)14-13(15-9-10-16(14)3)12-7-5-4-6-8-12/h4-8,11,13-15H,9-10H2,1-3H3. The van der Waals surface area contributed by atoms with Gasteiger partial charge in [-0.25, -0.2) is 0 Å². The molecule has 1 aliphatic rings. The van der Waals surface area contributed by atoms with Crippen LogP contribution < -0.4 is 5.32 Å². The first-order chi connectivity index (χ1) is 7.70. The third-order valence-corrected chi connectivity index (χ3v) is 3.52. The Hall–Kier alpha value is -0.860. The van der Waals surface area contributed by atoms with Gasteiger partial charge in [-0.05, 0) is 18.5 Å². The number of piperazine rings is 1. The molecule has 1 aromatic rings. The quantitative estimate of drug-likeness (QED) is 0.819. The number of benzene rings is 1. The Morgan fingerprint density at radius 1 is 1.25 bits per heavy atom. The van der Waals surface area contributed by atoms with E-state index in [1.807, 2.05) is 0 Å². The second-order valence-corrected chi connectivity index (χ2v) is 5.06. The predicted molar refractivity (Wildman–Crippen MR) is 68.4 cm³/mol. The average molecular weight is 218 g/mol. The fourth-order valence-corrected chi connectivity index (χ4v) is 2.79. The molecule has 0 saturated carbocycles. The Bertz CT molecular complexity index is 321. The van der Waals surface area contributed by atoms with Crippen molar-refractivity contribution in [3.8, 4) is 0 Å². The maximum atomic E-state index is 3.66. The lowest BCUT2D eigenvalue weighted by Crippen LogP contribution is -2.53. The van der Waals surface area contributed by atoms with Crippen molar-refractivity contribution in [1.29, 1.82) is 0 Å². The zero-order valence-electron chi connectivity index (χ0n) is 10.5. The number of nitrogens with one attached hydrogen (secondary N) is 1. The smallest absolute Gasteiger partial charge is 0.0480 e. The second-order valence-electron chi connectivity index (χ2n) is 5.06. The summed E-state index contributed by atoms with van der Waals surface area (Å²) >= 11 is 0. The molecule has 0 aromatic heterocycles. The van der Waals surface area contributed by atoms with Gasteiger partial charge in [0.1, 0.15) is 0 Å². The first-order valence-corrected chi connectivity index (χ1v) is 6.18. The van der Waals surface area contributed by atoms with Crippen molar-refractivity contribution in [3.05, 3.63) is 35.9 Å². The second kappa shape index (κ2) is 4.98. The zero-order valence-corrected chi connectivity index (χ0v) is 10.5. The van der Waals surface area contributed by atoms with Crippen LogP contribution in [0.25, 0.3) is 0 Å². The van der Waals surface area contributed by atoms with Crippen LogP contribution in [0, 0.1) is 5.92 Å². The van der Waals surface area contributed by atoms with E-state index in [-0.39, 0.29) is 0 Å². The molecule has 0 radical (unpaired) electrons. The molecule has 1 aliphatic heterocycles. The van der Waals surface area contributed by atoms with Crippen LogP contribution in [0.1, 0.15) is 25.5 Å². The topological polar surface area (TPSA) is 15.3 Å². The Balaban J connectivity index is 2.24. The summed E-state index contributed by atoms with van der Waals surface area (Å²) in [5.74, 6) is 0.669. The van der Waals surface area contributed by atoms with Crippen molar-refractivity contribution in [1.82, 2.24) is 10.2 Å². The summed E-state index contributed by atoms with van der Waals surface area (Å²) in [7, 11) is 2.24. The molecule has 2 rings (SSSR count). The third-order valence-electron chi connectivity index (χ3n) is 3.52. The Kier molecular flexibility index (Phi) is 3.62. The van der Waals surface area contributed by atoms with Crippen LogP contribution in [0.5, 0.6) is 0 Å². The minimum Gasteiger partial charge on any atom is -0.307 e. The van der Waals surface area contributed by atoms with Crippen LogP contribution in [-0.2, 0) is 0 Å². The molecule has 1 saturated heterocycles. The molecule has 0 spiro atoms. The summed E-state index contributed by atoms with van der Waals surface area (Å²) in [6.45, 7) is 6.85. The lowest BCUT2D eigenvalue weighted by Gasteiger charge is -2.42. The molecule has 1 aromatic carbocycles. The van der Waals surface area contributed by atoms with Crippen LogP contribution >= 0.6 is 0 Å². The first kappa shape index (κ1) is 11.6. The molecule has 16 heavy (non-hydrogen) atoms. The molecular formula is C14H22N2. The molecular weight excluding hydrogens is 196 g/mol. The number of hydrogen-bond donors (Lipinski definition) is 1. The van der Waals surface area contributed by atoms with E-state index in [1.54, 1.807) is 0 Å². The predicted octanol–water partition coefficient (Wildman–Crippen LogP) is 2.29.